The number of aromatic nitrogens is 1. The van der Waals surface area contributed by atoms with E-state index in [9.17, 15) is 22.8 Å². The minimum absolute atomic E-state index is 0.0702. The first-order chi connectivity index (χ1) is 15.0. The molecule has 1 N–H and O–H groups in total. The third kappa shape index (κ3) is 5.84. The molecule has 2 aromatic rings. The van der Waals surface area contributed by atoms with Gasteiger partial charge in [0, 0.05) is 25.4 Å². The van der Waals surface area contributed by atoms with Crippen LogP contribution in [0.1, 0.15) is 43.6 Å². The number of amides is 1. The molecule has 0 radical (unpaired) electrons. The molecule has 11 heteroatoms. The van der Waals surface area contributed by atoms with Gasteiger partial charge < -0.3 is 14.6 Å². The van der Waals surface area contributed by atoms with Gasteiger partial charge in [-0.1, -0.05) is 27.7 Å². The molecule has 2 rings (SSSR count). The standard InChI is InChI=1S/C21H29N3O6S2/c1-6-24(7-2)32(28,29)16-8-9-18(26)23(11-16)12-17(25)22-20-19(21(27)30-5)15(13-31-20)10-14(3)4/h8-9,11,13-14H,6-7,10,12H2,1-5H3,(H,22,25). The second-order valence-corrected chi connectivity index (χ2v) is 10.3. The summed E-state index contributed by atoms with van der Waals surface area (Å²) < 4.78 is 32.6. The Morgan fingerprint density at radius 2 is 1.88 bits per heavy atom. The number of sulfonamides is 1. The smallest absolute Gasteiger partial charge is 0.341 e. The maximum Gasteiger partial charge on any atom is 0.341 e. The van der Waals surface area contributed by atoms with Crippen molar-refractivity contribution in [2.24, 2.45) is 5.92 Å². The second kappa shape index (κ2) is 10.9. The summed E-state index contributed by atoms with van der Waals surface area (Å²) in [5.41, 5.74) is 0.555. The molecule has 0 aliphatic heterocycles. The highest BCUT2D eigenvalue weighted by atomic mass is 32.2. The minimum atomic E-state index is -3.78. The maximum atomic E-state index is 12.7. The zero-order valence-electron chi connectivity index (χ0n) is 18.9. The second-order valence-electron chi connectivity index (χ2n) is 7.52. The molecule has 0 atom stereocenters. The maximum absolute atomic E-state index is 12.7. The summed E-state index contributed by atoms with van der Waals surface area (Å²) >= 11 is 1.20. The van der Waals surface area contributed by atoms with Crippen molar-refractivity contribution in [3.8, 4) is 0 Å². The van der Waals surface area contributed by atoms with Crippen LogP contribution in [0.25, 0.3) is 0 Å². The van der Waals surface area contributed by atoms with Crippen molar-refractivity contribution in [3.63, 3.8) is 0 Å². The fraction of sp³-hybridized carbons (Fsp3) is 0.476. The van der Waals surface area contributed by atoms with E-state index in [-0.39, 0.29) is 18.0 Å². The topological polar surface area (TPSA) is 115 Å². The number of esters is 1. The van der Waals surface area contributed by atoms with Gasteiger partial charge in [0.05, 0.1) is 17.6 Å². The monoisotopic (exact) mass is 483 g/mol. The van der Waals surface area contributed by atoms with Crippen molar-refractivity contribution in [3.05, 3.63) is 45.2 Å². The summed E-state index contributed by atoms with van der Waals surface area (Å²) in [6.07, 6.45) is 1.80. The van der Waals surface area contributed by atoms with E-state index >= 15 is 0 Å². The molecule has 2 aromatic heterocycles. The Morgan fingerprint density at radius 3 is 2.44 bits per heavy atom. The van der Waals surface area contributed by atoms with Crippen molar-refractivity contribution >= 4 is 38.2 Å². The first-order valence-corrected chi connectivity index (χ1v) is 12.6. The zero-order chi connectivity index (χ0) is 24.1. The lowest BCUT2D eigenvalue weighted by molar-refractivity contribution is -0.116. The Bertz CT molecular complexity index is 1130. The van der Waals surface area contributed by atoms with Gasteiger partial charge in [0.2, 0.25) is 15.9 Å². The Balaban J connectivity index is 2.30. The number of methoxy groups -OCH3 is 1. The highest BCUT2D eigenvalue weighted by Crippen LogP contribution is 2.30. The molecule has 0 fully saturated rings. The Morgan fingerprint density at radius 1 is 1.22 bits per heavy atom. The van der Waals surface area contributed by atoms with Crippen LogP contribution in [-0.2, 0) is 32.5 Å². The van der Waals surface area contributed by atoms with Gasteiger partial charge in [0.1, 0.15) is 11.5 Å². The summed E-state index contributed by atoms with van der Waals surface area (Å²) in [7, 11) is -2.51. The van der Waals surface area contributed by atoms with Crippen molar-refractivity contribution in [2.45, 2.75) is 45.6 Å². The van der Waals surface area contributed by atoms with Gasteiger partial charge in [-0.25, -0.2) is 13.2 Å². The van der Waals surface area contributed by atoms with Gasteiger partial charge in [-0.2, -0.15) is 4.31 Å². The van der Waals surface area contributed by atoms with E-state index in [2.05, 4.69) is 5.32 Å². The average Bonchev–Trinajstić information content (AvgIpc) is 3.10. The molecule has 0 aliphatic rings. The molecule has 0 saturated heterocycles. The number of carbonyl (C=O) groups is 2. The largest absolute Gasteiger partial charge is 0.465 e. The summed E-state index contributed by atoms with van der Waals surface area (Å²) in [6, 6.07) is 2.35. The summed E-state index contributed by atoms with van der Waals surface area (Å²) in [6.45, 7) is 7.64. The highest BCUT2D eigenvalue weighted by Gasteiger charge is 2.24. The lowest BCUT2D eigenvalue weighted by Gasteiger charge is -2.19. The van der Waals surface area contributed by atoms with Gasteiger partial charge in [-0.15, -0.1) is 11.3 Å². The number of nitrogens with one attached hydrogen (secondary N) is 1. The number of thiophene rings is 1. The van der Waals surface area contributed by atoms with Crippen LogP contribution < -0.4 is 10.9 Å². The third-order valence-electron chi connectivity index (χ3n) is 4.75. The SMILES string of the molecule is CCN(CC)S(=O)(=O)c1ccc(=O)n(CC(=O)Nc2scc(CC(C)C)c2C(=O)OC)c1. The number of pyridine rings is 1. The van der Waals surface area contributed by atoms with Crippen LogP contribution >= 0.6 is 11.3 Å². The predicted octanol–water partition coefficient (Wildman–Crippen LogP) is 2.56. The molecule has 1 amide bonds. The molecule has 0 spiro atoms. The Kier molecular flexibility index (Phi) is 8.76. The number of hydrogen-bond donors (Lipinski definition) is 1. The average molecular weight is 484 g/mol. The third-order valence-corrected chi connectivity index (χ3v) is 7.73. The normalized spacial score (nSPS) is 11.7. The van der Waals surface area contributed by atoms with Crippen LogP contribution in [0.4, 0.5) is 5.00 Å². The zero-order valence-corrected chi connectivity index (χ0v) is 20.5. The van der Waals surface area contributed by atoms with Gasteiger partial charge in [-0.3, -0.25) is 9.59 Å². The van der Waals surface area contributed by atoms with Crippen LogP contribution in [0.5, 0.6) is 0 Å². The fourth-order valence-electron chi connectivity index (χ4n) is 3.22. The van der Waals surface area contributed by atoms with Crippen LogP contribution in [0.15, 0.2) is 33.4 Å². The summed E-state index contributed by atoms with van der Waals surface area (Å²) in [4.78, 5) is 37.1. The van der Waals surface area contributed by atoms with Crippen LogP contribution in [0.3, 0.4) is 0 Å². The Hall–Kier alpha value is -2.50. The summed E-state index contributed by atoms with van der Waals surface area (Å²) in [5.74, 6) is -0.820. The minimum Gasteiger partial charge on any atom is -0.465 e. The van der Waals surface area contributed by atoms with Crippen molar-refractivity contribution in [2.75, 3.05) is 25.5 Å². The van der Waals surface area contributed by atoms with Crippen molar-refractivity contribution in [1.82, 2.24) is 8.87 Å². The van der Waals surface area contributed by atoms with Gasteiger partial charge in [-0.05, 0) is 29.3 Å². The van der Waals surface area contributed by atoms with E-state index in [1.165, 1.54) is 28.8 Å². The fourth-order valence-corrected chi connectivity index (χ4v) is 5.68. The van der Waals surface area contributed by atoms with Crippen molar-refractivity contribution in [1.29, 1.82) is 0 Å². The molecule has 9 nitrogen and oxygen atoms in total. The molecular formula is C21H29N3O6S2. The molecule has 0 unspecified atom stereocenters. The molecule has 0 bridgehead atoms. The van der Waals surface area contributed by atoms with E-state index in [1.54, 1.807) is 19.2 Å². The van der Waals surface area contributed by atoms with Crippen molar-refractivity contribution < 1.29 is 22.7 Å². The van der Waals surface area contributed by atoms with E-state index in [0.29, 0.717) is 22.9 Å². The molecule has 0 aliphatic carbocycles. The number of carbonyl (C=O) groups excluding carboxylic acids is 2. The van der Waals surface area contributed by atoms with Crippen LogP contribution in [-0.4, -0.2) is 49.4 Å². The van der Waals surface area contributed by atoms with Crippen LogP contribution in [0, 0.1) is 5.92 Å². The molecular weight excluding hydrogens is 454 g/mol. The molecule has 32 heavy (non-hydrogen) atoms. The molecule has 176 valence electrons. The number of anilines is 1. The van der Waals surface area contributed by atoms with E-state index in [1.807, 2.05) is 13.8 Å². The first kappa shape index (κ1) is 25.8. The Labute approximate surface area is 192 Å². The van der Waals surface area contributed by atoms with E-state index in [0.717, 1.165) is 22.4 Å². The first-order valence-electron chi connectivity index (χ1n) is 10.2. The number of ether oxygens (including phenoxy) is 1. The number of nitrogens with zero attached hydrogens (tertiary/aromatic N) is 2. The lowest BCUT2D eigenvalue weighted by atomic mass is 10.0. The number of rotatable bonds is 10. The quantitative estimate of drug-likeness (QED) is 0.520. The van der Waals surface area contributed by atoms with E-state index < -0.39 is 34.0 Å². The summed E-state index contributed by atoms with van der Waals surface area (Å²) in [5, 5.41) is 4.79. The lowest BCUT2D eigenvalue weighted by Crippen LogP contribution is -2.33. The van der Waals surface area contributed by atoms with Gasteiger partial charge >= 0.3 is 5.97 Å². The molecule has 0 saturated carbocycles. The highest BCUT2D eigenvalue weighted by molar-refractivity contribution is 7.89. The van der Waals surface area contributed by atoms with Gasteiger partial charge in [0.25, 0.3) is 5.56 Å². The van der Waals surface area contributed by atoms with Gasteiger partial charge in [0.15, 0.2) is 0 Å². The van der Waals surface area contributed by atoms with E-state index in [4.69, 9.17) is 4.74 Å². The number of hydrogen-bond acceptors (Lipinski definition) is 7. The molecule has 2 heterocycles. The molecule has 0 aromatic carbocycles. The predicted molar refractivity (Wildman–Crippen MR) is 124 cm³/mol. The van der Waals surface area contributed by atoms with Crippen LogP contribution in [0.2, 0.25) is 0 Å².